The normalized spacial score (nSPS) is 16.7. The van der Waals surface area contributed by atoms with Crippen molar-refractivity contribution in [2.45, 2.75) is 31.7 Å². The van der Waals surface area contributed by atoms with Gasteiger partial charge in [-0.3, -0.25) is 4.79 Å². The number of hydrogen-bond acceptors (Lipinski definition) is 5. The van der Waals surface area contributed by atoms with Crippen molar-refractivity contribution in [1.29, 1.82) is 0 Å². The summed E-state index contributed by atoms with van der Waals surface area (Å²) in [5.74, 6) is 0.401. The summed E-state index contributed by atoms with van der Waals surface area (Å²) in [6, 6.07) is 3.81. The van der Waals surface area contributed by atoms with Gasteiger partial charge >= 0.3 is 0 Å². The molecule has 24 heavy (non-hydrogen) atoms. The summed E-state index contributed by atoms with van der Waals surface area (Å²) in [5.41, 5.74) is 0.729. The van der Waals surface area contributed by atoms with Crippen LogP contribution in [0.1, 0.15) is 19.4 Å². The zero-order chi connectivity index (χ0) is 17.7. The number of aryl methyl sites for hydroxylation is 1. The molecular formula is C16H24N2O5S. The van der Waals surface area contributed by atoms with Gasteiger partial charge in [-0.1, -0.05) is 0 Å². The average molecular weight is 356 g/mol. The summed E-state index contributed by atoms with van der Waals surface area (Å²) in [6.45, 7) is 7.62. The van der Waals surface area contributed by atoms with E-state index >= 15 is 0 Å². The van der Waals surface area contributed by atoms with Crippen molar-refractivity contribution in [3.63, 3.8) is 0 Å². The summed E-state index contributed by atoms with van der Waals surface area (Å²) in [5, 5.41) is 0. The van der Waals surface area contributed by atoms with Crippen molar-refractivity contribution in [3.05, 3.63) is 23.8 Å². The molecule has 1 fully saturated rings. The molecule has 0 unspecified atom stereocenters. The predicted octanol–water partition coefficient (Wildman–Crippen LogP) is 0.919. The fourth-order valence-corrected chi connectivity index (χ4v) is 3.80. The summed E-state index contributed by atoms with van der Waals surface area (Å²) < 4.78 is 38.1. The zero-order valence-electron chi connectivity index (χ0n) is 14.2. The molecule has 0 aliphatic carbocycles. The Bertz CT molecular complexity index is 684. The summed E-state index contributed by atoms with van der Waals surface area (Å²) >= 11 is 0. The van der Waals surface area contributed by atoms with Crippen molar-refractivity contribution < 1.29 is 22.7 Å². The Balaban J connectivity index is 2.09. The lowest BCUT2D eigenvalue weighted by molar-refractivity contribution is -0.136. The highest BCUT2D eigenvalue weighted by atomic mass is 32.2. The Morgan fingerprint density at radius 2 is 2.04 bits per heavy atom. The van der Waals surface area contributed by atoms with Crippen LogP contribution >= 0.6 is 0 Å². The van der Waals surface area contributed by atoms with Crippen LogP contribution in [0.15, 0.2) is 23.1 Å². The van der Waals surface area contributed by atoms with Crippen LogP contribution in [-0.2, 0) is 19.6 Å². The van der Waals surface area contributed by atoms with E-state index in [9.17, 15) is 13.2 Å². The maximum Gasteiger partial charge on any atom is 0.241 e. The number of nitrogens with zero attached hydrogens (tertiary/aromatic N) is 1. The molecule has 0 saturated carbocycles. The molecule has 1 saturated heterocycles. The van der Waals surface area contributed by atoms with Gasteiger partial charge in [-0.05, 0) is 44.5 Å². The molecule has 8 heteroatoms. The molecule has 1 amide bonds. The number of benzene rings is 1. The van der Waals surface area contributed by atoms with Crippen LogP contribution in [0.4, 0.5) is 0 Å². The number of hydrogen-bond donors (Lipinski definition) is 1. The molecule has 2 rings (SSSR count). The largest absolute Gasteiger partial charge is 0.494 e. The van der Waals surface area contributed by atoms with Gasteiger partial charge in [-0.15, -0.1) is 0 Å². The number of sulfonamides is 1. The molecule has 1 atom stereocenters. The van der Waals surface area contributed by atoms with Crippen LogP contribution in [-0.4, -0.2) is 58.2 Å². The van der Waals surface area contributed by atoms with Crippen LogP contribution in [0.5, 0.6) is 5.75 Å². The van der Waals surface area contributed by atoms with E-state index in [4.69, 9.17) is 9.47 Å². The van der Waals surface area contributed by atoms with Crippen LogP contribution in [0.2, 0.25) is 0 Å². The number of rotatable bonds is 6. The predicted molar refractivity (Wildman–Crippen MR) is 89.5 cm³/mol. The first-order chi connectivity index (χ1) is 11.3. The number of ether oxygens (including phenoxy) is 2. The van der Waals surface area contributed by atoms with Crippen molar-refractivity contribution >= 4 is 15.9 Å². The number of carbonyl (C=O) groups is 1. The van der Waals surface area contributed by atoms with Crippen LogP contribution in [0.25, 0.3) is 0 Å². The second kappa shape index (κ2) is 7.96. The molecule has 0 spiro atoms. The minimum atomic E-state index is -3.78. The molecule has 7 nitrogen and oxygen atoms in total. The molecule has 0 radical (unpaired) electrons. The molecule has 1 aliphatic rings. The first-order valence-corrected chi connectivity index (χ1v) is 9.45. The van der Waals surface area contributed by atoms with Crippen molar-refractivity contribution in [3.8, 4) is 5.75 Å². The molecule has 1 aromatic rings. The van der Waals surface area contributed by atoms with Crippen LogP contribution < -0.4 is 9.46 Å². The van der Waals surface area contributed by atoms with Crippen molar-refractivity contribution in [1.82, 2.24) is 9.62 Å². The van der Waals surface area contributed by atoms with Crippen molar-refractivity contribution in [2.75, 3.05) is 32.9 Å². The Kier molecular flexibility index (Phi) is 6.20. The van der Waals surface area contributed by atoms with Gasteiger partial charge < -0.3 is 14.4 Å². The Morgan fingerprint density at radius 1 is 1.38 bits per heavy atom. The molecule has 0 bridgehead atoms. The fourth-order valence-electron chi connectivity index (χ4n) is 2.52. The minimum Gasteiger partial charge on any atom is -0.494 e. The van der Waals surface area contributed by atoms with Gasteiger partial charge in [0, 0.05) is 13.1 Å². The Labute approximate surface area is 143 Å². The summed E-state index contributed by atoms with van der Waals surface area (Å²) in [4.78, 5) is 14.1. The lowest BCUT2D eigenvalue weighted by atomic mass is 10.2. The third-order valence-corrected chi connectivity index (χ3v) is 5.32. The van der Waals surface area contributed by atoms with E-state index in [1.165, 1.54) is 6.07 Å². The highest BCUT2D eigenvalue weighted by Crippen LogP contribution is 2.22. The molecular weight excluding hydrogens is 332 g/mol. The van der Waals surface area contributed by atoms with Gasteiger partial charge in [0.25, 0.3) is 0 Å². The molecule has 1 aliphatic heterocycles. The standard InChI is InChI=1S/C16H24N2O5S/c1-4-23-15-6-5-14(11-12(15)2)24(20,21)17-13(3)16(19)18-7-9-22-10-8-18/h5-6,11,13,17H,4,7-10H2,1-3H3/t13-/m0/s1. The quantitative estimate of drug-likeness (QED) is 0.819. The summed E-state index contributed by atoms with van der Waals surface area (Å²) in [7, 11) is -3.78. The van der Waals surface area contributed by atoms with Crippen LogP contribution in [0.3, 0.4) is 0 Å². The van der Waals surface area contributed by atoms with Gasteiger partial charge in [0.05, 0.1) is 30.8 Å². The zero-order valence-corrected chi connectivity index (χ0v) is 15.1. The first kappa shape index (κ1) is 18.7. The third-order valence-electron chi connectivity index (χ3n) is 3.78. The second-order valence-corrected chi connectivity index (χ2v) is 7.35. The monoisotopic (exact) mass is 356 g/mol. The fraction of sp³-hybridized carbons (Fsp3) is 0.562. The van der Waals surface area contributed by atoms with E-state index < -0.39 is 16.1 Å². The van der Waals surface area contributed by atoms with E-state index in [1.807, 2.05) is 6.92 Å². The lowest BCUT2D eigenvalue weighted by Gasteiger charge is -2.29. The van der Waals surface area contributed by atoms with Crippen LogP contribution in [0, 0.1) is 6.92 Å². The maximum absolute atomic E-state index is 12.5. The Morgan fingerprint density at radius 3 is 2.62 bits per heavy atom. The first-order valence-electron chi connectivity index (χ1n) is 7.97. The van der Waals surface area contributed by atoms with Gasteiger partial charge in [0.15, 0.2) is 0 Å². The van der Waals surface area contributed by atoms with Gasteiger partial charge in [0.1, 0.15) is 5.75 Å². The molecule has 1 N–H and O–H groups in total. The number of morpholine rings is 1. The number of carbonyl (C=O) groups excluding carboxylic acids is 1. The molecule has 134 valence electrons. The molecule has 1 aromatic carbocycles. The minimum absolute atomic E-state index is 0.116. The molecule has 1 heterocycles. The van der Waals surface area contributed by atoms with E-state index in [2.05, 4.69) is 4.72 Å². The second-order valence-electron chi connectivity index (χ2n) is 5.64. The van der Waals surface area contributed by atoms with Crippen molar-refractivity contribution in [2.24, 2.45) is 0 Å². The molecule has 0 aromatic heterocycles. The van der Waals surface area contributed by atoms with E-state index in [-0.39, 0.29) is 10.8 Å². The lowest BCUT2D eigenvalue weighted by Crippen LogP contribution is -2.50. The third kappa shape index (κ3) is 4.46. The smallest absolute Gasteiger partial charge is 0.241 e. The van der Waals surface area contributed by atoms with Gasteiger partial charge in [-0.25, -0.2) is 8.42 Å². The SMILES string of the molecule is CCOc1ccc(S(=O)(=O)N[C@@H](C)C(=O)N2CCOCC2)cc1C. The highest BCUT2D eigenvalue weighted by Gasteiger charge is 2.27. The summed E-state index contributed by atoms with van der Waals surface area (Å²) in [6.07, 6.45) is 0. The van der Waals surface area contributed by atoms with E-state index in [1.54, 1.807) is 30.9 Å². The average Bonchev–Trinajstić information content (AvgIpc) is 2.56. The number of nitrogens with one attached hydrogen (secondary N) is 1. The van der Waals surface area contributed by atoms with Gasteiger partial charge in [-0.2, -0.15) is 4.72 Å². The highest BCUT2D eigenvalue weighted by molar-refractivity contribution is 7.89. The number of amides is 1. The van der Waals surface area contributed by atoms with E-state index in [0.717, 1.165) is 5.56 Å². The van der Waals surface area contributed by atoms with Gasteiger partial charge in [0.2, 0.25) is 15.9 Å². The maximum atomic E-state index is 12.5. The Hall–Kier alpha value is -1.64. The topological polar surface area (TPSA) is 84.9 Å². The van der Waals surface area contributed by atoms with E-state index in [0.29, 0.717) is 38.7 Å².